The number of hydrogen-bond donors (Lipinski definition) is 1. The number of carbonyl (C=O) groups is 1. The van der Waals surface area contributed by atoms with Crippen molar-refractivity contribution >= 4 is 5.91 Å². The molecule has 2 atom stereocenters. The number of benzene rings is 1. The zero-order valence-electron chi connectivity index (χ0n) is 14.2. The summed E-state index contributed by atoms with van der Waals surface area (Å²) in [5, 5.41) is 0. The molecule has 4 heteroatoms. The van der Waals surface area contributed by atoms with Gasteiger partial charge in [0.15, 0.2) is 0 Å². The summed E-state index contributed by atoms with van der Waals surface area (Å²) in [4.78, 5) is 16.7. The zero-order chi connectivity index (χ0) is 16.3. The van der Waals surface area contributed by atoms with Crippen LogP contribution in [0.2, 0.25) is 0 Å². The van der Waals surface area contributed by atoms with Gasteiger partial charge in [-0.05, 0) is 39.2 Å². The van der Waals surface area contributed by atoms with Crippen LogP contribution in [0.1, 0.15) is 39.2 Å². The van der Waals surface area contributed by atoms with Gasteiger partial charge in [-0.2, -0.15) is 0 Å². The third-order valence-electron chi connectivity index (χ3n) is 4.63. The number of likely N-dealkylation sites (tertiary alicyclic amines) is 1. The fourth-order valence-electron chi connectivity index (χ4n) is 3.22. The Morgan fingerprint density at radius 1 is 1.36 bits per heavy atom. The molecule has 1 aromatic carbocycles. The summed E-state index contributed by atoms with van der Waals surface area (Å²) in [5.41, 5.74) is 6.50. The second-order valence-electron chi connectivity index (χ2n) is 7.12. The minimum atomic E-state index is -0.792. The number of amides is 1. The molecule has 1 aliphatic rings. The quantitative estimate of drug-likeness (QED) is 0.928. The van der Waals surface area contributed by atoms with Gasteiger partial charge in [0, 0.05) is 32.2 Å². The van der Waals surface area contributed by atoms with Gasteiger partial charge < -0.3 is 10.6 Å². The van der Waals surface area contributed by atoms with E-state index in [4.69, 9.17) is 5.73 Å². The second kappa shape index (κ2) is 6.80. The van der Waals surface area contributed by atoms with Gasteiger partial charge in [-0.3, -0.25) is 9.69 Å². The molecule has 0 bridgehead atoms. The maximum Gasteiger partial charge on any atom is 0.242 e. The van der Waals surface area contributed by atoms with E-state index in [0.29, 0.717) is 6.04 Å². The van der Waals surface area contributed by atoms with Crippen molar-refractivity contribution in [2.75, 3.05) is 13.6 Å². The summed E-state index contributed by atoms with van der Waals surface area (Å²) in [6.45, 7) is 7.80. The highest BCUT2D eigenvalue weighted by atomic mass is 16.2. The SMILES string of the molecule is C[C@H]1C[C@@H](N(C)C(=O)C(C)(C)N)CCN1Cc1ccccc1. The average Bonchev–Trinajstić information content (AvgIpc) is 2.48. The van der Waals surface area contributed by atoms with E-state index in [1.807, 2.05) is 18.0 Å². The van der Waals surface area contributed by atoms with E-state index in [1.54, 1.807) is 13.8 Å². The molecule has 0 spiro atoms. The van der Waals surface area contributed by atoms with Crippen LogP contribution in [0.15, 0.2) is 30.3 Å². The highest BCUT2D eigenvalue weighted by Crippen LogP contribution is 2.24. The van der Waals surface area contributed by atoms with Crippen LogP contribution < -0.4 is 5.73 Å². The van der Waals surface area contributed by atoms with Gasteiger partial charge in [-0.25, -0.2) is 0 Å². The van der Waals surface area contributed by atoms with E-state index in [1.165, 1.54) is 5.56 Å². The van der Waals surface area contributed by atoms with Crippen molar-refractivity contribution in [2.24, 2.45) is 5.73 Å². The lowest BCUT2D eigenvalue weighted by atomic mass is 9.94. The molecule has 1 fully saturated rings. The molecule has 0 saturated carbocycles. The molecule has 2 N–H and O–H groups in total. The lowest BCUT2D eigenvalue weighted by molar-refractivity contribution is -0.137. The van der Waals surface area contributed by atoms with Crippen molar-refractivity contribution in [2.45, 2.75) is 57.8 Å². The van der Waals surface area contributed by atoms with E-state index in [9.17, 15) is 4.79 Å². The van der Waals surface area contributed by atoms with E-state index >= 15 is 0 Å². The summed E-state index contributed by atoms with van der Waals surface area (Å²) < 4.78 is 0. The Bertz CT molecular complexity index is 495. The predicted octanol–water partition coefficient (Wildman–Crippen LogP) is 2.24. The van der Waals surface area contributed by atoms with Crippen LogP contribution in [0.4, 0.5) is 0 Å². The van der Waals surface area contributed by atoms with Crippen LogP contribution >= 0.6 is 0 Å². The minimum absolute atomic E-state index is 0.0289. The molecule has 1 aromatic rings. The van der Waals surface area contributed by atoms with Gasteiger partial charge in [0.1, 0.15) is 0 Å². The topological polar surface area (TPSA) is 49.6 Å². The molecule has 122 valence electrons. The summed E-state index contributed by atoms with van der Waals surface area (Å²) in [6, 6.07) is 11.3. The Morgan fingerprint density at radius 3 is 2.55 bits per heavy atom. The number of hydrogen-bond acceptors (Lipinski definition) is 3. The van der Waals surface area contributed by atoms with Crippen molar-refractivity contribution in [3.05, 3.63) is 35.9 Å². The number of carbonyl (C=O) groups excluding carboxylic acids is 1. The van der Waals surface area contributed by atoms with Crippen LogP contribution in [0, 0.1) is 0 Å². The van der Waals surface area contributed by atoms with Crippen molar-refractivity contribution < 1.29 is 4.79 Å². The van der Waals surface area contributed by atoms with Gasteiger partial charge in [-0.1, -0.05) is 30.3 Å². The number of nitrogens with two attached hydrogens (primary N) is 1. The molecule has 22 heavy (non-hydrogen) atoms. The smallest absolute Gasteiger partial charge is 0.242 e. The molecular formula is C18H29N3O. The first-order valence-electron chi connectivity index (χ1n) is 8.13. The van der Waals surface area contributed by atoms with Crippen LogP contribution in [-0.2, 0) is 11.3 Å². The third-order valence-corrected chi connectivity index (χ3v) is 4.63. The summed E-state index contributed by atoms with van der Waals surface area (Å²) in [7, 11) is 1.89. The maximum absolute atomic E-state index is 12.3. The molecule has 1 saturated heterocycles. The maximum atomic E-state index is 12.3. The van der Waals surface area contributed by atoms with Crippen molar-refractivity contribution in [3.63, 3.8) is 0 Å². The second-order valence-corrected chi connectivity index (χ2v) is 7.12. The Balaban J connectivity index is 1.94. The van der Waals surface area contributed by atoms with Gasteiger partial charge in [0.25, 0.3) is 0 Å². The van der Waals surface area contributed by atoms with E-state index in [0.717, 1.165) is 25.9 Å². The number of nitrogens with zero attached hydrogens (tertiary/aromatic N) is 2. The molecule has 1 aliphatic heterocycles. The molecule has 1 heterocycles. The van der Waals surface area contributed by atoms with E-state index in [2.05, 4.69) is 36.1 Å². The largest absolute Gasteiger partial charge is 0.341 e. The summed E-state index contributed by atoms with van der Waals surface area (Å²) in [6.07, 6.45) is 2.01. The number of piperidine rings is 1. The van der Waals surface area contributed by atoms with Crippen molar-refractivity contribution in [1.29, 1.82) is 0 Å². The Hall–Kier alpha value is -1.39. The summed E-state index contributed by atoms with van der Waals surface area (Å²) in [5.74, 6) is 0.0289. The zero-order valence-corrected chi connectivity index (χ0v) is 14.2. The summed E-state index contributed by atoms with van der Waals surface area (Å²) >= 11 is 0. The Labute approximate surface area is 134 Å². The van der Waals surface area contributed by atoms with E-state index in [-0.39, 0.29) is 11.9 Å². The first-order chi connectivity index (χ1) is 10.3. The lowest BCUT2D eigenvalue weighted by Gasteiger charge is -2.42. The highest BCUT2D eigenvalue weighted by Gasteiger charge is 2.34. The van der Waals surface area contributed by atoms with Crippen LogP contribution in [-0.4, -0.2) is 46.9 Å². The van der Waals surface area contributed by atoms with Crippen LogP contribution in [0.3, 0.4) is 0 Å². The Morgan fingerprint density at radius 2 is 2.00 bits per heavy atom. The van der Waals surface area contributed by atoms with Gasteiger partial charge in [-0.15, -0.1) is 0 Å². The average molecular weight is 303 g/mol. The fraction of sp³-hybridized carbons (Fsp3) is 0.611. The molecule has 0 radical (unpaired) electrons. The molecular weight excluding hydrogens is 274 g/mol. The van der Waals surface area contributed by atoms with Gasteiger partial charge in [0.05, 0.1) is 5.54 Å². The lowest BCUT2D eigenvalue weighted by Crippen LogP contribution is -2.56. The van der Waals surface area contributed by atoms with E-state index < -0.39 is 5.54 Å². The van der Waals surface area contributed by atoms with Gasteiger partial charge >= 0.3 is 0 Å². The first-order valence-corrected chi connectivity index (χ1v) is 8.13. The van der Waals surface area contributed by atoms with Crippen LogP contribution in [0.5, 0.6) is 0 Å². The predicted molar refractivity (Wildman–Crippen MR) is 90.4 cm³/mol. The number of likely N-dealkylation sites (N-methyl/N-ethyl adjacent to an activating group) is 1. The molecule has 2 rings (SSSR count). The molecule has 1 amide bonds. The normalized spacial score (nSPS) is 23.3. The van der Waals surface area contributed by atoms with Crippen LogP contribution in [0.25, 0.3) is 0 Å². The first kappa shape index (κ1) is 17.0. The van der Waals surface area contributed by atoms with Crippen molar-refractivity contribution in [1.82, 2.24) is 9.80 Å². The molecule has 0 aliphatic carbocycles. The molecule has 4 nitrogen and oxygen atoms in total. The van der Waals surface area contributed by atoms with Gasteiger partial charge in [0.2, 0.25) is 5.91 Å². The number of rotatable bonds is 4. The minimum Gasteiger partial charge on any atom is -0.341 e. The highest BCUT2D eigenvalue weighted by molar-refractivity contribution is 5.85. The molecule has 0 unspecified atom stereocenters. The monoisotopic (exact) mass is 303 g/mol. The van der Waals surface area contributed by atoms with Crippen molar-refractivity contribution in [3.8, 4) is 0 Å². The molecule has 0 aromatic heterocycles. The standard InChI is InChI=1S/C18H29N3O/c1-14-12-16(20(4)17(22)18(2,3)19)10-11-21(14)13-15-8-6-5-7-9-15/h5-9,14,16H,10-13,19H2,1-4H3/t14-,16-/m0/s1. The fourth-order valence-corrected chi connectivity index (χ4v) is 3.22. The Kier molecular flexibility index (Phi) is 5.24. The third kappa shape index (κ3) is 4.08.